The molecule has 3 rings (SSSR count). The van der Waals surface area contributed by atoms with Crippen molar-refractivity contribution in [1.82, 2.24) is 4.98 Å². The minimum absolute atomic E-state index is 0.548. The normalized spacial score (nSPS) is 11.5. The van der Waals surface area contributed by atoms with Crippen LogP contribution < -0.4 is 9.47 Å². The van der Waals surface area contributed by atoms with Crippen LogP contribution in [0.5, 0.6) is 10.9 Å². The van der Waals surface area contributed by atoms with Crippen LogP contribution >= 0.6 is 11.3 Å². The summed E-state index contributed by atoms with van der Waals surface area (Å²) >= 11 is 1.56. The number of carbonyl (C=O) groups is 1. The van der Waals surface area contributed by atoms with Gasteiger partial charge in [-0.15, -0.1) is 0 Å². The van der Waals surface area contributed by atoms with Gasteiger partial charge in [0.15, 0.2) is 5.60 Å². The molecule has 1 aromatic heterocycles. The van der Waals surface area contributed by atoms with Gasteiger partial charge in [0.1, 0.15) is 5.75 Å². The van der Waals surface area contributed by atoms with Crippen molar-refractivity contribution < 1.29 is 19.4 Å². The van der Waals surface area contributed by atoms with Crippen molar-refractivity contribution in [3.63, 3.8) is 0 Å². The van der Waals surface area contributed by atoms with Crippen LogP contribution in [0.25, 0.3) is 10.2 Å². The smallest absolute Gasteiger partial charge is 0.347 e. The fraction of sp³-hybridized carbons (Fsp3) is 0.300. The monoisotopic (exact) mass is 371 g/mol. The van der Waals surface area contributed by atoms with E-state index in [1.54, 1.807) is 23.5 Å². The van der Waals surface area contributed by atoms with Crippen LogP contribution in [0.15, 0.2) is 48.5 Å². The second-order valence-electron chi connectivity index (χ2n) is 6.46. The Kier molecular flexibility index (Phi) is 5.42. The van der Waals surface area contributed by atoms with Crippen LogP contribution in [-0.2, 0) is 11.2 Å². The number of carboxylic acid groups (broad SMARTS) is 1. The van der Waals surface area contributed by atoms with Crippen molar-refractivity contribution in [3.05, 3.63) is 54.1 Å². The van der Waals surface area contributed by atoms with Crippen LogP contribution in [0.2, 0.25) is 0 Å². The van der Waals surface area contributed by atoms with E-state index in [4.69, 9.17) is 14.6 Å². The first-order chi connectivity index (χ1) is 12.4. The molecule has 0 amide bonds. The lowest BCUT2D eigenvalue weighted by atomic mass is 10.1. The standard InChI is InChI=1S/C20H21NO4S/c1-20(2,18(22)23)25-15-11-9-14(10-12-15)6-5-13-24-19-21-16-7-3-4-8-17(16)26-19/h3-4,7-12H,5-6,13H2,1-2H3,(H,22,23). The van der Waals surface area contributed by atoms with E-state index in [1.165, 1.54) is 13.8 Å². The number of hydrogen-bond donors (Lipinski definition) is 1. The highest BCUT2D eigenvalue weighted by molar-refractivity contribution is 7.20. The van der Waals surface area contributed by atoms with Gasteiger partial charge in [-0.2, -0.15) is 0 Å². The van der Waals surface area contributed by atoms with Gasteiger partial charge in [0.05, 0.1) is 16.8 Å². The summed E-state index contributed by atoms with van der Waals surface area (Å²) in [5.74, 6) is -0.444. The highest BCUT2D eigenvalue weighted by Crippen LogP contribution is 2.27. The van der Waals surface area contributed by atoms with E-state index in [-0.39, 0.29) is 0 Å². The van der Waals surface area contributed by atoms with Crippen molar-refractivity contribution in [2.45, 2.75) is 32.3 Å². The van der Waals surface area contributed by atoms with Crippen molar-refractivity contribution in [1.29, 1.82) is 0 Å². The highest BCUT2D eigenvalue weighted by atomic mass is 32.1. The van der Waals surface area contributed by atoms with Crippen molar-refractivity contribution in [2.24, 2.45) is 0 Å². The van der Waals surface area contributed by atoms with Crippen LogP contribution in [0.3, 0.4) is 0 Å². The second-order valence-corrected chi connectivity index (χ2v) is 7.45. The van der Waals surface area contributed by atoms with Crippen molar-refractivity contribution in [2.75, 3.05) is 6.61 Å². The molecule has 0 unspecified atom stereocenters. The molecule has 3 aromatic rings. The van der Waals surface area contributed by atoms with Gasteiger partial charge in [-0.3, -0.25) is 0 Å². The van der Waals surface area contributed by atoms with Crippen LogP contribution in [0.4, 0.5) is 0 Å². The summed E-state index contributed by atoms with van der Waals surface area (Å²) in [6.07, 6.45) is 1.74. The maximum absolute atomic E-state index is 11.1. The number of para-hydroxylation sites is 1. The Morgan fingerprint density at radius 3 is 2.58 bits per heavy atom. The van der Waals surface area contributed by atoms with Gasteiger partial charge >= 0.3 is 5.97 Å². The van der Waals surface area contributed by atoms with Gasteiger partial charge in [-0.1, -0.05) is 35.6 Å². The Bertz CT molecular complexity index is 853. The first-order valence-electron chi connectivity index (χ1n) is 8.44. The maximum Gasteiger partial charge on any atom is 0.347 e. The lowest BCUT2D eigenvalue weighted by molar-refractivity contribution is -0.152. The third kappa shape index (κ3) is 4.52. The number of aliphatic carboxylic acids is 1. The molecule has 0 aliphatic carbocycles. The molecule has 0 radical (unpaired) electrons. The number of aryl methyl sites for hydroxylation is 1. The molecule has 0 aliphatic rings. The number of benzene rings is 2. The average Bonchev–Trinajstić information content (AvgIpc) is 3.02. The summed E-state index contributed by atoms with van der Waals surface area (Å²) in [5, 5.41) is 9.80. The zero-order chi connectivity index (χ0) is 18.6. The summed E-state index contributed by atoms with van der Waals surface area (Å²) in [6.45, 7) is 3.66. The first kappa shape index (κ1) is 18.2. The van der Waals surface area contributed by atoms with Crippen LogP contribution in [0.1, 0.15) is 25.8 Å². The molecule has 0 bridgehead atoms. The Morgan fingerprint density at radius 1 is 1.15 bits per heavy atom. The molecule has 0 atom stereocenters. The Hall–Kier alpha value is -2.60. The molecule has 5 nitrogen and oxygen atoms in total. The number of fused-ring (bicyclic) bond motifs is 1. The topological polar surface area (TPSA) is 68.7 Å². The fourth-order valence-electron chi connectivity index (χ4n) is 2.41. The van der Waals surface area contributed by atoms with E-state index in [0.29, 0.717) is 17.6 Å². The molecule has 2 aromatic carbocycles. The third-order valence-electron chi connectivity index (χ3n) is 3.92. The summed E-state index contributed by atoms with van der Waals surface area (Å²) in [6, 6.07) is 15.5. The van der Waals surface area contributed by atoms with Gasteiger partial charge in [0.25, 0.3) is 5.19 Å². The number of rotatable bonds is 8. The molecule has 0 saturated heterocycles. The third-order valence-corrected chi connectivity index (χ3v) is 4.87. The number of ether oxygens (including phenoxy) is 2. The van der Waals surface area contributed by atoms with Gasteiger partial charge in [-0.25, -0.2) is 9.78 Å². The van der Waals surface area contributed by atoms with Crippen molar-refractivity contribution >= 4 is 27.5 Å². The van der Waals surface area contributed by atoms with E-state index in [1.807, 2.05) is 36.4 Å². The van der Waals surface area contributed by atoms with Gasteiger partial charge < -0.3 is 14.6 Å². The number of carboxylic acids is 1. The summed E-state index contributed by atoms with van der Waals surface area (Å²) in [5.41, 5.74) is 0.873. The Balaban J connectivity index is 1.47. The number of aromatic nitrogens is 1. The molecule has 0 fully saturated rings. The molecule has 0 saturated carbocycles. The van der Waals surface area contributed by atoms with Gasteiger partial charge in [0.2, 0.25) is 0 Å². The zero-order valence-electron chi connectivity index (χ0n) is 14.8. The van der Waals surface area contributed by atoms with Gasteiger partial charge in [-0.05, 0) is 56.5 Å². The lowest BCUT2D eigenvalue weighted by Crippen LogP contribution is -2.37. The van der Waals surface area contributed by atoms with Crippen LogP contribution in [-0.4, -0.2) is 28.3 Å². The molecule has 1 N–H and O–H groups in total. The number of nitrogens with zero attached hydrogens (tertiary/aromatic N) is 1. The minimum Gasteiger partial charge on any atom is -0.478 e. The largest absolute Gasteiger partial charge is 0.478 e. The SMILES string of the molecule is CC(C)(Oc1ccc(CCCOc2nc3ccccc3s2)cc1)C(=O)O. The molecule has 6 heteroatoms. The maximum atomic E-state index is 11.1. The summed E-state index contributed by atoms with van der Waals surface area (Å²) in [4.78, 5) is 15.5. The Labute approximate surface area is 156 Å². The second kappa shape index (κ2) is 7.74. The van der Waals surface area contributed by atoms with E-state index < -0.39 is 11.6 Å². The molecule has 26 heavy (non-hydrogen) atoms. The van der Waals surface area contributed by atoms with E-state index in [9.17, 15) is 4.79 Å². The predicted octanol–water partition coefficient (Wildman–Crippen LogP) is 4.55. The minimum atomic E-state index is -1.24. The van der Waals surface area contributed by atoms with Gasteiger partial charge in [0, 0.05) is 0 Å². The molecular weight excluding hydrogens is 350 g/mol. The van der Waals surface area contributed by atoms with E-state index >= 15 is 0 Å². The van der Waals surface area contributed by atoms with Crippen LogP contribution in [0, 0.1) is 0 Å². The quantitative estimate of drug-likeness (QED) is 0.588. The van der Waals surface area contributed by atoms with Crippen molar-refractivity contribution in [3.8, 4) is 10.9 Å². The zero-order valence-corrected chi connectivity index (χ0v) is 15.6. The van der Waals surface area contributed by atoms with E-state index in [0.717, 1.165) is 28.6 Å². The predicted molar refractivity (Wildman–Crippen MR) is 102 cm³/mol. The molecule has 1 heterocycles. The Morgan fingerprint density at radius 2 is 1.88 bits per heavy atom. The molecule has 0 spiro atoms. The lowest BCUT2D eigenvalue weighted by Gasteiger charge is -2.21. The highest BCUT2D eigenvalue weighted by Gasteiger charge is 2.29. The average molecular weight is 371 g/mol. The summed E-state index contributed by atoms with van der Waals surface area (Å²) < 4.78 is 12.4. The fourth-order valence-corrected chi connectivity index (χ4v) is 3.25. The molecule has 136 valence electrons. The summed E-state index contributed by atoms with van der Waals surface area (Å²) in [7, 11) is 0. The molecule has 0 aliphatic heterocycles. The first-order valence-corrected chi connectivity index (χ1v) is 9.25. The number of hydrogen-bond acceptors (Lipinski definition) is 5. The number of thiazole rings is 1. The molecular formula is C20H21NO4S. The van der Waals surface area contributed by atoms with E-state index in [2.05, 4.69) is 4.98 Å².